The molecule has 2 aromatic carbocycles. The Bertz CT molecular complexity index is 826. The normalized spacial score (nSPS) is 14.4. The fourth-order valence-corrected chi connectivity index (χ4v) is 3.18. The van der Waals surface area contributed by atoms with E-state index in [-0.39, 0.29) is 23.6 Å². The number of carbonyl (C=O) groups excluding carboxylic acids is 2. The summed E-state index contributed by atoms with van der Waals surface area (Å²) in [6, 6.07) is 15.4. The van der Waals surface area contributed by atoms with Crippen molar-refractivity contribution in [1.29, 1.82) is 0 Å². The van der Waals surface area contributed by atoms with E-state index in [0.29, 0.717) is 6.54 Å². The van der Waals surface area contributed by atoms with Crippen LogP contribution >= 0.6 is 0 Å². The molecule has 1 aliphatic rings. The molecule has 0 spiro atoms. The predicted octanol–water partition coefficient (Wildman–Crippen LogP) is 2.26. The van der Waals surface area contributed by atoms with E-state index in [1.54, 1.807) is 0 Å². The Kier molecular flexibility index (Phi) is 7.56. The van der Waals surface area contributed by atoms with Gasteiger partial charge in [-0.05, 0) is 36.4 Å². The van der Waals surface area contributed by atoms with Crippen LogP contribution in [0.3, 0.4) is 0 Å². The predicted molar refractivity (Wildman–Crippen MR) is 108 cm³/mol. The van der Waals surface area contributed by atoms with E-state index in [0.717, 1.165) is 26.2 Å². The fraction of sp³-hybridized carbons (Fsp3) is 0.333. The van der Waals surface area contributed by atoms with Gasteiger partial charge in [0.25, 0.3) is 5.91 Å². The van der Waals surface area contributed by atoms with E-state index in [1.807, 2.05) is 18.2 Å². The Morgan fingerprint density at radius 3 is 2.23 bits per heavy atom. The number of halogens is 2. The first-order chi connectivity index (χ1) is 14.5. The van der Waals surface area contributed by atoms with E-state index in [2.05, 4.69) is 37.5 Å². The summed E-state index contributed by atoms with van der Waals surface area (Å²) in [6.07, 6.45) is 0.257. The molecule has 0 aliphatic carbocycles. The van der Waals surface area contributed by atoms with Crippen molar-refractivity contribution in [3.8, 4) is 5.75 Å². The van der Waals surface area contributed by atoms with Crippen molar-refractivity contribution < 1.29 is 23.1 Å². The molecule has 7 nitrogen and oxygen atoms in total. The number of carbonyl (C=O) groups is 2. The topological polar surface area (TPSA) is 73.9 Å². The smallest absolute Gasteiger partial charge is 0.387 e. The van der Waals surface area contributed by atoms with Gasteiger partial charge in [-0.25, -0.2) is 0 Å². The number of hydrogen-bond donors (Lipinski definition) is 2. The maximum atomic E-state index is 12.1. The second-order valence-electron chi connectivity index (χ2n) is 6.82. The summed E-state index contributed by atoms with van der Waals surface area (Å²) in [5.41, 5.74) is 6.11. The van der Waals surface area contributed by atoms with E-state index in [1.165, 1.54) is 30.0 Å². The average molecular weight is 418 g/mol. The zero-order chi connectivity index (χ0) is 21.3. The highest BCUT2D eigenvalue weighted by Crippen LogP contribution is 2.16. The molecule has 0 saturated carbocycles. The van der Waals surface area contributed by atoms with E-state index < -0.39 is 12.5 Å². The molecule has 1 fully saturated rings. The number of piperazine rings is 1. The van der Waals surface area contributed by atoms with Gasteiger partial charge in [-0.1, -0.05) is 18.2 Å². The van der Waals surface area contributed by atoms with Gasteiger partial charge < -0.3 is 9.64 Å². The summed E-state index contributed by atoms with van der Waals surface area (Å²) in [5, 5.41) is 0. The van der Waals surface area contributed by atoms with Crippen molar-refractivity contribution in [3.05, 3.63) is 60.2 Å². The van der Waals surface area contributed by atoms with Crippen LogP contribution in [0.5, 0.6) is 5.75 Å². The number of hydrogen-bond acceptors (Lipinski definition) is 5. The highest BCUT2D eigenvalue weighted by molar-refractivity contribution is 5.95. The highest BCUT2D eigenvalue weighted by Gasteiger charge is 2.18. The van der Waals surface area contributed by atoms with Gasteiger partial charge in [-0.15, -0.1) is 0 Å². The number of rotatable bonds is 7. The number of amides is 2. The van der Waals surface area contributed by atoms with Crippen LogP contribution in [0.1, 0.15) is 16.8 Å². The SMILES string of the molecule is O=C(CCN1CCN(c2ccccc2)CC1)NNC(=O)c1ccc(OC(F)F)cc1. The molecule has 160 valence electrons. The third-order valence-electron chi connectivity index (χ3n) is 4.81. The van der Waals surface area contributed by atoms with Crippen LogP contribution in [-0.4, -0.2) is 56.0 Å². The van der Waals surface area contributed by atoms with Gasteiger partial charge >= 0.3 is 6.61 Å². The summed E-state index contributed by atoms with van der Waals surface area (Å²) in [6.45, 7) is 1.19. The first kappa shape index (κ1) is 21.5. The largest absolute Gasteiger partial charge is 0.435 e. The monoisotopic (exact) mass is 418 g/mol. The summed E-state index contributed by atoms with van der Waals surface area (Å²) in [7, 11) is 0. The molecule has 2 amide bonds. The molecular weight excluding hydrogens is 394 g/mol. The van der Waals surface area contributed by atoms with Crippen molar-refractivity contribution in [3.63, 3.8) is 0 Å². The van der Waals surface area contributed by atoms with Crippen LogP contribution in [0.15, 0.2) is 54.6 Å². The molecule has 3 rings (SSSR count). The number of benzene rings is 2. The maximum Gasteiger partial charge on any atom is 0.387 e. The van der Waals surface area contributed by atoms with Gasteiger partial charge in [0.15, 0.2) is 0 Å². The number of alkyl halides is 2. The van der Waals surface area contributed by atoms with E-state index in [9.17, 15) is 18.4 Å². The standard InChI is InChI=1S/C21H24F2N4O3/c22-21(23)30-18-8-6-16(7-9-18)20(29)25-24-19(28)10-11-26-12-14-27(15-13-26)17-4-2-1-3-5-17/h1-9,21H,10-15H2,(H,24,28)(H,25,29). The zero-order valence-electron chi connectivity index (χ0n) is 16.4. The molecule has 0 atom stereocenters. The van der Waals surface area contributed by atoms with Gasteiger partial charge in [-0.3, -0.25) is 25.3 Å². The minimum absolute atomic E-state index is 0.0436. The fourth-order valence-electron chi connectivity index (χ4n) is 3.18. The molecule has 1 heterocycles. The van der Waals surface area contributed by atoms with Gasteiger partial charge in [0, 0.05) is 50.4 Å². The van der Waals surface area contributed by atoms with Crippen molar-refractivity contribution in [2.75, 3.05) is 37.6 Å². The van der Waals surface area contributed by atoms with Gasteiger partial charge in [0.1, 0.15) is 5.75 Å². The molecular formula is C21H24F2N4O3. The minimum atomic E-state index is -2.93. The number of nitrogens with zero attached hydrogens (tertiary/aromatic N) is 2. The lowest BCUT2D eigenvalue weighted by molar-refractivity contribution is -0.122. The number of anilines is 1. The molecule has 2 aromatic rings. The van der Waals surface area contributed by atoms with Crippen LogP contribution in [0.25, 0.3) is 0 Å². The summed E-state index contributed by atoms with van der Waals surface area (Å²) < 4.78 is 28.5. The van der Waals surface area contributed by atoms with Crippen LogP contribution in [0.2, 0.25) is 0 Å². The maximum absolute atomic E-state index is 12.1. The average Bonchev–Trinajstić information content (AvgIpc) is 2.77. The number of hydrazine groups is 1. The van der Waals surface area contributed by atoms with E-state index in [4.69, 9.17) is 0 Å². The second kappa shape index (κ2) is 10.5. The molecule has 9 heteroatoms. The minimum Gasteiger partial charge on any atom is -0.435 e. The third-order valence-corrected chi connectivity index (χ3v) is 4.81. The molecule has 0 bridgehead atoms. The third kappa shape index (κ3) is 6.41. The number of para-hydroxylation sites is 1. The molecule has 1 saturated heterocycles. The van der Waals surface area contributed by atoms with Crippen molar-refractivity contribution >= 4 is 17.5 Å². The molecule has 1 aliphatic heterocycles. The number of ether oxygens (including phenoxy) is 1. The van der Waals surface area contributed by atoms with Crippen LogP contribution in [0, 0.1) is 0 Å². The lowest BCUT2D eigenvalue weighted by Gasteiger charge is -2.36. The highest BCUT2D eigenvalue weighted by atomic mass is 19.3. The van der Waals surface area contributed by atoms with Crippen molar-refractivity contribution in [2.24, 2.45) is 0 Å². The first-order valence-electron chi connectivity index (χ1n) is 9.67. The van der Waals surface area contributed by atoms with Gasteiger partial charge in [0.2, 0.25) is 5.91 Å². The summed E-state index contributed by atoms with van der Waals surface area (Å²) >= 11 is 0. The Morgan fingerprint density at radius 1 is 0.933 bits per heavy atom. The lowest BCUT2D eigenvalue weighted by Crippen LogP contribution is -2.48. The van der Waals surface area contributed by atoms with Crippen LogP contribution in [-0.2, 0) is 4.79 Å². The Balaban J connectivity index is 1.34. The van der Waals surface area contributed by atoms with Crippen LogP contribution < -0.4 is 20.5 Å². The Labute approximate surface area is 173 Å². The quantitative estimate of drug-likeness (QED) is 0.675. The molecule has 0 radical (unpaired) electrons. The van der Waals surface area contributed by atoms with E-state index >= 15 is 0 Å². The molecule has 2 N–H and O–H groups in total. The van der Waals surface area contributed by atoms with Crippen molar-refractivity contribution in [2.45, 2.75) is 13.0 Å². The van der Waals surface area contributed by atoms with Crippen molar-refractivity contribution in [1.82, 2.24) is 15.8 Å². The molecule has 0 aromatic heterocycles. The van der Waals surface area contributed by atoms with Gasteiger partial charge in [0.05, 0.1) is 0 Å². The van der Waals surface area contributed by atoms with Gasteiger partial charge in [-0.2, -0.15) is 8.78 Å². The summed E-state index contributed by atoms with van der Waals surface area (Å²) in [5.74, 6) is -0.882. The lowest BCUT2D eigenvalue weighted by atomic mass is 10.2. The second-order valence-corrected chi connectivity index (χ2v) is 6.82. The molecule has 0 unspecified atom stereocenters. The number of nitrogens with one attached hydrogen (secondary N) is 2. The first-order valence-corrected chi connectivity index (χ1v) is 9.67. The summed E-state index contributed by atoms with van der Waals surface area (Å²) in [4.78, 5) is 28.6. The zero-order valence-corrected chi connectivity index (χ0v) is 16.4. The molecule has 30 heavy (non-hydrogen) atoms. The Morgan fingerprint density at radius 2 is 1.60 bits per heavy atom. The Hall–Kier alpha value is -3.20. The van der Waals surface area contributed by atoms with Crippen LogP contribution in [0.4, 0.5) is 14.5 Å².